The van der Waals surface area contributed by atoms with Gasteiger partial charge in [0.05, 0.1) is 11.6 Å². The molecule has 1 unspecified atom stereocenters. The Labute approximate surface area is 119 Å². The molecule has 0 aliphatic heterocycles. The van der Waals surface area contributed by atoms with Crippen molar-refractivity contribution in [3.05, 3.63) is 27.7 Å². The summed E-state index contributed by atoms with van der Waals surface area (Å²) in [5, 5.41) is 1.24. The predicted molar refractivity (Wildman–Crippen MR) is 78.8 cm³/mol. The van der Waals surface area contributed by atoms with Gasteiger partial charge in [-0.2, -0.15) is 0 Å². The highest BCUT2D eigenvalue weighted by Crippen LogP contribution is 2.33. The Morgan fingerprint density at radius 3 is 2.67 bits per heavy atom. The van der Waals surface area contributed by atoms with Gasteiger partial charge in [0.1, 0.15) is 5.75 Å². The van der Waals surface area contributed by atoms with E-state index >= 15 is 0 Å². The third kappa shape index (κ3) is 5.05. The SMILES string of the molecule is CCCOc1c(Cl)cc(Cl)cc1CCCC(C)N. The summed E-state index contributed by atoms with van der Waals surface area (Å²) in [5.41, 5.74) is 6.82. The van der Waals surface area contributed by atoms with Gasteiger partial charge in [0.2, 0.25) is 0 Å². The van der Waals surface area contributed by atoms with Crippen molar-refractivity contribution in [1.29, 1.82) is 0 Å². The van der Waals surface area contributed by atoms with E-state index in [1.807, 2.05) is 13.0 Å². The molecule has 1 atom stereocenters. The van der Waals surface area contributed by atoms with Gasteiger partial charge in [-0.1, -0.05) is 30.1 Å². The molecule has 18 heavy (non-hydrogen) atoms. The highest BCUT2D eigenvalue weighted by molar-refractivity contribution is 6.35. The molecule has 1 rings (SSSR count). The largest absolute Gasteiger partial charge is 0.492 e. The van der Waals surface area contributed by atoms with Crippen LogP contribution in [0, 0.1) is 0 Å². The fourth-order valence-corrected chi connectivity index (χ4v) is 2.37. The Morgan fingerprint density at radius 2 is 2.06 bits per heavy atom. The van der Waals surface area contributed by atoms with Gasteiger partial charge in [-0.15, -0.1) is 0 Å². The van der Waals surface area contributed by atoms with Crippen molar-refractivity contribution in [3.63, 3.8) is 0 Å². The zero-order valence-electron chi connectivity index (χ0n) is 11.0. The van der Waals surface area contributed by atoms with E-state index in [9.17, 15) is 0 Å². The minimum atomic E-state index is 0.222. The number of benzene rings is 1. The van der Waals surface area contributed by atoms with Gasteiger partial charge in [0.15, 0.2) is 0 Å². The smallest absolute Gasteiger partial charge is 0.141 e. The number of nitrogens with two attached hydrogens (primary N) is 1. The van der Waals surface area contributed by atoms with Gasteiger partial charge < -0.3 is 10.5 Å². The maximum absolute atomic E-state index is 6.18. The Morgan fingerprint density at radius 1 is 1.33 bits per heavy atom. The molecule has 1 aromatic rings. The van der Waals surface area contributed by atoms with Crippen molar-refractivity contribution in [1.82, 2.24) is 0 Å². The zero-order chi connectivity index (χ0) is 13.5. The molecule has 0 aromatic heterocycles. The Kier molecular flexibility index (Phi) is 6.83. The average Bonchev–Trinajstić information content (AvgIpc) is 2.27. The van der Waals surface area contributed by atoms with E-state index in [0.717, 1.165) is 37.0 Å². The molecule has 0 amide bonds. The molecular formula is C14H21Cl2NO. The lowest BCUT2D eigenvalue weighted by Gasteiger charge is -2.14. The van der Waals surface area contributed by atoms with Crippen LogP contribution in [0.15, 0.2) is 12.1 Å². The second-order valence-electron chi connectivity index (χ2n) is 4.59. The summed E-state index contributed by atoms with van der Waals surface area (Å²) >= 11 is 12.2. The van der Waals surface area contributed by atoms with Crippen molar-refractivity contribution >= 4 is 23.2 Å². The molecule has 0 spiro atoms. The molecule has 0 heterocycles. The van der Waals surface area contributed by atoms with Crippen LogP contribution in [0.2, 0.25) is 10.0 Å². The van der Waals surface area contributed by atoms with Crippen molar-refractivity contribution < 1.29 is 4.74 Å². The summed E-state index contributed by atoms with van der Waals surface area (Å²) in [6.45, 7) is 4.75. The first kappa shape index (κ1) is 15.6. The summed E-state index contributed by atoms with van der Waals surface area (Å²) in [6.07, 6.45) is 3.84. The van der Waals surface area contributed by atoms with E-state index in [2.05, 4.69) is 6.92 Å². The van der Waals surface area contributed by atoms with Crippen molar-refractivity contribution in [2.45, 2.75) is 45.6 Å². The first-order valence-corrected chi connectivity index (χ1v) is 7.16. The second-order valence-corrected chi connectivity index (χ2v) is 5.44. The lowest BCUT2D eigenvalue weighted by molar-refractivity contribution is 0.314. The van der Waals surface area contributed by atoms with Crippen LogP contribution in [-0.2, 0) is 6.42 Å². The minimum Gasteiger partial charge on any atom is -0.492 e. The van der Waals surface area contributed by atoms with Crippen LogP contribution in [0.3, 0.4) is 0 Å². The van der Waals surface area contributed by atoms with E-state index in [1.165, 1.54) is 0 Å². The van der Waals surface area contributed by atoms with Crippen LogP contribution in [0.1, 0.15) is 38.7 Å². The highest BCUT2D eigenvalue weighted by atomic mass is 35.5. The van der Waals surface area contributed by atoms with Gasteiger partial charge in [0.25, 0.3) is 0 Å². The van der Waals surface area contributed by atoms with Crippen molar-refractivity contribution in [2.24, 2.45) is 5.73 Å². The van der Waals surface area contributed by atoms with Crippen LogP contribution < -0.4 is 10.5 Å². The summed E-state index contributed by atoms with van der Waals surface area (Å²) in [4.78, 5) is 0. The third-order valence-corrected chi connectivity index (χ3v) is 3.14. The average molecular weight is 290 g/mol. The van der Waals surface area contributed by atoms with Gasteiger partial charge >= 0.3 is 0 Å². The molecule has 4 heteroatoms. The number of aryl methyl sites for hydroxylation is 1. The van der Waals surface area contributed by atoms with Gasteiger partial charge in [-0.25, -0.2) is 0 Å². The Bertz CT molecular complexity index is 380. The summed E-state index contributed by atoms with van der Waals surface area (Å²) in [6, 6.07) is 3.88. The normalized spacial score (nSPS) is 12.5. The zero-order valence-corrected chi connectivity index (χ0v) is 12.5. The fourth-order valence-electron chi connectivity index (χ4n) is 1.78. The molecule has 0 saturated heterocycles. The number of ether oxygens (including phenoxy) is 1. The monoisotopic (exact) mass is 289 g/mol. The Hall–Kier alpha value is -0.440. The lowest BCUT2D eigenvalue weighted by atomic mass is 10.0. The first-order chi connectivity index (χ1) is 8.54. The quantitative estimate of drug-likeness (QED) is 0.805. The van der Waals surface area contributed by atoms with E-state index in [4.69, 9.17) is 33.7 Å². The molecule has 0 fully saturated rings. The molecule has 0 aliphatic rings. The maximum Gasteiger partial charge on any atom is 0.141 e. The molecule has 1 aromatic carbocycles. The number of rotatable bonds is 7. The van der Waals surface area contributed by atoms with Crippen molar-refractivity contribution in [3.8, 4) is 5.75 Å². The molecule has 0 aliphatic carbocycles. The topological polar surface area (TPSA) is 35.2 Å². The van der Waals surface area contributed by atoms with Crippen LogP contribution in [0.4, 0.5) is 0 Å². The van der Waals surface area contributed by atoms with Crippen LogP contribution in [0.5, 0.6) is 5.75 Å². The molecule has 0 saturated carbocycles. The molecule has 2 nitrogen and oxygen atoms in total. The molecule has 0 bridgehead atoms. The van der Waals surface area contributed by atoms with E-state index in [-0.39, 0.29) is 6.04 Å². The van der Waals surface area contributed by atoms with Crippen molar-refractivity contribution in [2.75, 3.05) is 6.61 Å². The predicted octanol–water partition coefficient (Wildman–Crippen LogP) is 4.45. The number of halogens is 2. The molecule has 0 radical (unpaired) electrons. The first-order valence-electron chi connectivity index (χ1n) is 6.41. The number of hydrogen-bond acceptors (Lipinski definition) is 2. The van der Waals surface area contributed by atoms with Gasteiger partial charge in [-0.05, 0) is 50.3 Å². The van der Waals surface area contributed by atoms with E-state index in [1.54, 1.807) is 6.07 Å². The minimum absolute atomic E-state index is 0.222. The second kappa shape index (κ2) is 7.88. The van der Waals surface area contributed by atoms with E-state index < -0.39 is 0 Å². The van der Waals surface area contributed by atoms with Crippen LogP contribution in [0.25, 0.3) is 0 Å². The van der Waals surface area contributed by atoms with Crippen LogP contribution >= 0.6 is 23.2 Å². The van der Waals surface area contributed by atoms with Crippen LogP contribution in [-0.4, -0.2) is 12.6 Å². The third-order valence-electron chi connectivity index (χ3n) is 2.64. The lowest BCUT2D eigenvalue weighted by Crippen LogP contribution is -2.14. The highest BCUT2D eigenvalue weighted by Gasteiger charge is 2.10. The number of hydrogen-bond donors (Lipinski definition) is 1. The summed E-state index contributed by atoms with van der Waals surface area (Å²) in [7, 11) is 0. The molecule has 102 valence electrons. The van der Waals surface area contributed by atoms with Gasteiger partial charge in [-0.3, -0.25) is 0 Å². The van der Waals surface area contributed by atoms with Gasteiger partial charge in [0, 0.05) is 11.1 Å². The summed E-state index contributed by atoms with van der Waals surface area (Å²) in [5.74, 6) is 0.771. The summed E-state index contributed by atoms with van der Waals surface area (Å²) < 4.78 is 5.71. The molecular weight excluding hydrogens is 269 g/mol. The van der Waals surface area contributed by atoms with E-state index in [0.29, 0.717) is 16.7 Å². The standard InChI is InChI=1S/C14H21Cl2NO/c1-3-7-18-14-11(6-4-5-10(2)17)8-12(15)9-13(14)16/h8-10H,3-7,17H2,1-2H3. The molecule has 2 N–H and O–H groups in total. The maximum atomic E-state index is 6.18. The fraction of sp³-hybridized carbons (Fsp3) is 0.571. The Balaban J connectivity index is 2.78.